The largest absolute Gasteiger partial charge is 0.289 e. The highest BCUT2D eigenvalue weighted by atomic mass is 35.5. The molecule has 0 saturated carbocycles. The van der Waals surface area contributed by atoms with Gasteiger partial charge in [-0.25, -0.2) is 8.78 Å². The maximum atomic E-state index is 13.5. The zero-order valence-corrected chi connectivity index (χ0v) is 46.9. The van der Waals surface area contributed by atoms with Crippen molar-refractivity contribution in [2.45, 2.75) is 0 Å². The van der Waals surface area contributed by atoms with Gasteiger partial charge in [-0.15, -0.1) is 68.0 Å². The fourth-order valence-corrected chi connectivity index (χ4v) is 16.8. The molecule has 18 heteroatoms. The van der Waals surface area contributed by atoms with Gasteiger partial charge in [-0.05, 0) is 146 Å². The molecule has 0 saturated heterocycles. The summed E-state index contributed by atoms with van der Waals surface area (Å²) in [7, 11) is 0. The van der Waals surface area contributed by atoms with E-state index < -0.39 is 11.6 Å². The van der Waals surface area contributed by atoms with Gasteiger partial charge in [0.1, 0.15) is 11.6 Å². The Morgan fingerprint density at radius 1 is 0.218 bits per heavy atom. The summed E-state index contributed by atoms with van der Waals surface area (Å²) < 4.78 is 36.2. The van der Waals surface area contributed by atoms with E-state index in [0.717, 1.165) is 37.6 Å². The fourth-order valence-electron chi connectivity index (χ4n) is 9.44. The van der Waals surface area contributed by atoms with Crippen LogP contribution in [0, 0.1) is 11.6 Å². The van der Waals surface area contributed by atoms with Gasteiger partial charge in [0.2, 0.25) is 0 Å². The van der Waals surface area contributed by atoms with Crippen LogP contribution in [-0.2, 0) is 0 Å². The van der Waals surface area contributed by atoms with E-state index in [9.17, 15) is 37.5 Å². The van der Waals surface area contributed by atoms with E-state index in [0.29, 0.717) is 104 Å². The monoisotopic (exact) mass is 1210 g/mol. The molecule has 15 rings (SSSR count). The van der Waals surface area contributed by atoms with Crippen LogP contribution < -0.4 is 32.6 Å². The minimum absolute atomic E-state index is 0.0434. The SMILES string of the molecule is O=c1c2cc(Cl)ccc2sc2cc3c(=O)c4cc(Cl)ccc4sc3cc12.O=c1c2cc(F)ccc2sc2cc3c(=O)c4cc(F)ccc4sc3cc12.O=c1c2ccc(Cl)cc2sc2cc3c(=O)c4ccc(Cl)cc4sc3cc12. The van der Waals surface area contributed by atoms with E-state index in [4.69, 9.17) is 46.4 Å². The number of hydrogen-bond acceptors (Lipinski definition) is 12. The molecule has 0 atom stereocenters. The van der Waals surface area contributed by atoms with E-state index in [1.807, 2.05) is 36.4 Å². The van der Waals surface area contributed by atoms with E-state index in [1.54, 1.807) is 84.9 Å². The highest BCUT2D eigenvalue weighted by Crippen LogP contribution is 2.36. The van der Waals surface area contributed by atoms with E-state index in [2.05, 4.69) is 0 Å². The number of hydrogen-bond donors (Lipinski definition) is 0. The third-order valence-electron chi connectivity index (χ3n) is 13.2. The Labute approximate surface area is 478 Å². The van der Waals surface area contributed by atoms with Gasteiger partial charge in [0.05, 0.1) is 0 Å². The second-order valence-corrected chi connectivity index (χ2v) is 26.2. The van der Waals surface area contributed by atoms with Gasteiger partial charge in [0, 0.05) is 141 Å². The summed E-state index contributed by atoms with van der Waals surface area (Å²) >= 11 is 32.8. The summed E-state index contributed by atoms with van der Waals surface area (Å²) in [5, 5.41) is 8.78. The zero-order valence-electron chi connectivity index (χ0n) is 39.0. The Bertz CT molecular complexity index is 5020. The molecule has 0 unspecified atom stereocenters. The molecule has 15 aromatic rings. The Kier molecular flexibility index (Phi) is 12.8. The molecule has 0 bridgehead atoms. The first-order valence-corrected chi connectivity index (χ1v) is 29.6. The molecule has 0 amide bonds. The molecule has 0 fully saturated rings. The Morgan fingerprint density at radius 3 is 0.731 bits per heavy atom. The Morgan fingerprint density at radius 2 is 0.423 bits per heavy atom. The summed E-state index contributed by atoms with van der Waals surface area (Å²) in [6.45, 7) is 0. The Hall–Kier alpha value is -6.66. The summed E-state index contributed by atoms with van der Waals surface area (Å²) in [6, 6.07) is 40.0. The number of fused-ring (bicyclic) bond motifs is 12. The third kappa shape index (κ3) is 8.85. The van der Waals surface area contributed by atoms with Crippen LogP contribution in [-0.4, -0.2) is 0 Å². The molecule has 6 nitrogen and oxygen atoms in total. The molecule has 6 aromatic heterocycles. The quantitative estimate of drug-likeness (QED) is 0.140. The average molecular weight is 1210 g/mol. The lowest BCUT2D eigenvalue weighted by molar-refractivity contribution is 0.629. The molecule has 0 radical (unpaired) electrons. The molecule has 0 aliphatic heterocycles. The highest BCUT2D eigenvalue weighted by Gasteiger charge is 2.16. The minimum atomic E-state index is -0.459. The van der Waals surface area contributed by atoms with Crippen molar-refractivity contribution >= 4 is 235 Å². The topological polar surface area (TPSA) is 102 Å². The van der Waals surface area contributed by atoms with E-state index in [-0.39, 0.29) is 32.6 Å². The van der Waals surface area contributed by atoms with Crippen LogP contribution in [0.25, 0.3) is 121 Å². The van der Waals surface area contributed by atoms with Crippen LogP contribution >= 0.6 is 114 Å². The van der Waals surface area contributed by atoms with Crippen molar-refractivity contribution in [3.8, 4) is 0 Å². The average Bonchev–Trinajstić information content (AvgIpc) is 3.62. The van der Waals surface area contributed by atoms with Crippen LogP contribution in [0.4, 0.5) is 8.78 Å². The number of rotatable bonds is 0. The number of benzene rings is 9. The van der Waals surface area contributed by atoms with Crippen LogP contribution in [0.2, 0.25) is 20.1 Å². The molecule has 6 heterocycles. The lowest BCUT2D eigenvalue weighted by Crippen LogP contribution is -2.04. The molecular weight excluding hydrogens is 1190 g/mol. The summed E-state index contributed by atoms with van der Waals surface area (Å²) in [4.78, 5) is 77.3. The maximum absolute atomic E-state index is 13.5. The lowest BCUT2D eigenvalue weighted by Gasteiger charge is -2.05. The fraction of sp³-hybridized carbons (Fsp3) is 0. The predicted octanol–water partition coefficient (Wildman–Crippen LogP) is 18.3. The van der Waals surface area contributed by atoms with Gasteiger partial charge in [-0.1, -0.05) is 46.4 Å². The van der Waals surface area contributed by atoms with Crippen LogP contribution in [0.5, 0.6) is 0 Å². The smallest absolute Gasteiger partial charge is 0.196 e. The molecule has 0 aliphatic carbocycles. The second kappa shape index (κ2) is 19.6. The highest BCUT2D eigenvalue weighted by molar-refractivity contribution is 7.27. The lowest BCUT2D eigenvalue weighted by atomic mass is 10.1. The van der Waals surface area contributed by atoms with E-state index >= 15 is 0 Å². The summed E-state index contributed by atoms with van der Waals surface area (Å²) in [5.41, 5.74) is -0.720. The van der Waals surface area contributed by atoms with Crippen molar-refractivity contribution in [2.24, 2.45) is 0 Å². The first-order chi connectivity index (χ1) is 37.5. The normalized spacial score (nSPS) is 11.8. The van der Waals surface area contributed by atoms with Gasteiger partial charge in [-0.3, -0.25) is 28.8 Å². The van der Waals surface area contributed by atoms with Crippen molar-refractivity contribution in [1.29, 1.82) is 0 Å². The molecule has 0 spiro atoms. The standard InChI is InChI=1S/2C20H8Cl2O2S2.C20H8F2O2S2/c21-9-1-3-15-11(5-9)19(23)13-8-18-14(7-17(13)25-15)20(24)12-6-10(22)2-4-16(12)26-18;21-9-1-3-11-15(5-9)25-17-8-14-18(7-13(17)19(11)23)26-16-6-10(22)2-4-12(16)20(14)24;21-9-1-3-15-11(5-9)19(23)13-8-18-14(7-17(13)25-15)20(24)12-6-10(22)2-4-16(12)26-18/h3*1-8H. The Balaban J connectivity index is 0.000000111. The van der Waals surface area contributed by atoms with Gasteiger partial charge in [0.15, 0.2) is 32.6 Å². The van der Waals surface area contributed by atoms with Gasteiger partial charge in [0.25, 0.3) is 0 Å². The predicted molar refractivity (Wildman–Crippen MR) is 334 cm³/mol. The van der Waals surface area contributed by atoms with Gasteiger partial charge < -0.3 is 0 Å². The third-order valence-corrected chi connectivity index (χ3v) is 20.9. The van der Waals surface area contributed by atoms with Crippen molar-refractivity contribution in [3.05, 3.63) is 239 Å². The first-order valence-electron chi connectivity index (χ1n) is 23.2. The molecule has 9 aromatic carbocycles. The van der Waals surface area contributed by atoms with Crippen LogP contribution in [0.3, 0.4) is 0 Å². The maximum Gasteiger partial charge on any atom is 0.196 e. The van der Waals surface area contributed by atoms with Crippen molar-refractivity contribution < 1.29 is 8.78 Å². The summed E-state index contributed by atoms with van der Waals surface area (Å²) in [6.07, 6.45) is 0. The molecule has 0 aliphatic rings. The van der Waals surface area contributed by atoms with Gasteiger partial charge >= 0.3 is 0 Å². The summed E-state index contributed by atoms with van der Waals surface area (Å²) in [5.74, 6) is -0.917. The second-order valence-electron chi connectivity index (χ2n) is 18.0. The minimum Gasteiger partial charge on any atom is -0.289 e. The first kappa shape index (κ1) is 50.8. The van der Waals surface area contributed by atoms with Crippen molar-refractivity contribution in [2.75, 3.05) is 0 Å². The molecule has 0 N–H and O–H groups in total. The van der Waals surface area contributed by atoms with Crippen LogP contribution in [0.15, 0.2) is 174 Å². The molecular formula is C60H24Cl4F2O6S6. The number of halogens is 6. The van der Waals surface area contributed by atoms with Crippen molar-refractivity contribution in [3.63, 3.8) is 0 Å². The molecule has 78 heavy (non-hydrogen) atoms. The van der Waals surface area contributed by atoms with Crippen molar-refractivity contribution in [1.82, 2.24) is 0 Å². The van der Waals surface area contributed by atoms with Crippen LogP contribution in [0.1, 0.15) is 0 Å². The molecule has 378 valence electrons. The zero-order chi connectivity index (χ0) is 54.0. The van der Waals surface area contributed by atoms with E-state index in [1.165, 1.54) is 92.3 Å². The van der Waals surface area contributed by atoms with Gasteiger partial charge in [-0.2, -0.15) is 0 Å².